The van der Waals surface area contributed by atoms with E-state index < -0.39 is 11.4 Å². The third kappa shape index (κ3) is 5.57. The molecule has 1 heterocycles. The number of amides is 1. The number of halogens is 3. The van der Waals surface area contributed by atoms with Crippen molar-refractivity contribution >= 4 is 28.6 Å². The maximum Gasteiger partial charge on any atom is 0.278 e. The van der Waals surface area contributed by atoms with E-state index in [2.05, 4.69) is 0 Å². The zero-order chi connectivity index (χ0) is 19.4. The Kier molecular flexibility index (Phi) is 6.57. The van der Waals surface area contributed by atoms with E-state index in [1.54, 1.807) is 30.3 Å². The van der Waals surface area contributed by atoms with Gasteiger partial charge in [-0.25, -0.2) is 8.78 Å². The van der Waals surface area contributed by atoms with Gasteiger partial charge >= 0.3 is 0 Å². The van der Waals surface area contributed by atoms with Crippen LogP contribution in [0.3, 0.4) is 0 Å². The van der Waals surface area contributed by atoms with E-state index in [9.17, 15) is 13.6 Å². The summed E-state index contributed by atoms with van der Waals surface area (Å²) in [7, 11) is 0. The smallest absolute Gasteiger partial charge is 0.278 e. The number of alkyl halides is 1. The number of hydrogen-bond donors (Lipinski definition) is 1. The normalized spacial score (nSPS) is 20.0. The lowest BCUT2D eigenvalue weighted by Crippen LogP contribution is -2.28. The van der Waals surface area contributed by atoms with Crippen molar-refractivity contribution in [3.63, 3.8) is 0 Å². The molecule has 8 heteroatoms. The molecule has 3 rings (SSSR count). The number of benzene rings is 2. The number of ether oxygens (including phenoxy) is 1. The van der Waals surface area contributed by atoms with Gasteiger partial charge in [0.25, 0.3) is 5.24 Å². The summed E-state index contributed by atoms with van der Waals surface area (Å²) in [6.07, 6.45) is -0.727. The lowest BCUT2D eigenvalue weighted by Gasteiger charge is -2.23. The fraction of sp³-hybridized carbons (Fsp3) is 0.316. The van der Waals surface area contributed by atoms with Crippen LogP contribution in [-0.2, 0) is 13.2 Å². The molecule has 0 bridgehead atoms. The van der Waals surface area contributed by atoms with Gasteiger partial charge in [0, 0.05) is 24.5 Å². The summed E-state index contributed by atoms with van der Waals surface area (Å²) in [5.41, 5.74) is 6.74. The summed E-state index contributed by atoms with van der Waals surface area (Å²) in [5.74, 6) is 0.241. The zero-order valence-electron chi connectivity index (χ0n) is 14.4. The second-order valence-corrected chi connectivity index (χ2v) is 7.92. The second kappa shape index (κ2) is 8.91. The first kappa shape index (κ1) is 19.9. The van der Waals surface area contributed by atoms with Gasteiger partial charge < -0.3 is 10.5 Å². The largest absolute Gasteiger partial charge is 0.489 e. The van der Waals surface area contributed by atoms with E-state index in [0.717, 1.165) is 17.3 Å². The van der Waals surface area contributed by atoms with Gasteiger partial charge in [-0.3, -0.25) is 9.69 Å². The van der Waals surface area contributed by atoms with E-state index in [0.29, 0.717) is 22.9 Å². The Morgan fingerprint density at radius 2 is 2.15 bits per heavy atom. The molecule has 1 amide bonds. The quantitative estimate of drug-likeness (QED) is 0.744. The number of nitrogens with zero attached hydrogens (tertiary/aromatic N) is 1. The van der Waals surface area contributed by atoms with Crippen LogP contribution >= 0.6 is 23.4 Å². The van der Waals surface area contributed by atoms with Gasteiger partial charge in [-0.15, -0.1) is 0 Å². The van der Waals surface area contributed by atoms with Gasteiger partial charge in [0.1, 0.15) is 24.3 Å². The fourth-order valence-corrected chi connectivity index (χ4v) is 4.11. The molecule has 2 aromatic carbocycles. The van der Waals surface area contributed by atoms with Crippen LogP contribution in [-0.4, -0.2) is 28.2 Å². The van der Waals surface area contributed by atoms with Gasteiger partial charge in [-0.2, -0.15) is 0 Å². The molecule has 1 aliphatic rings. The van der Waals surface area contributed by atoms with Crippen molar-refractivity contribution in [3.8, 4) is 5.75 Å². The first-order chi connectivity index (χ1) is 12.9. The average molecular weight is 413 g/mol. The molecule has 1 unspecified atom stereocenters. The van der Waals surface area contributed by atoms with Crippen LogP contribution in [0.5, 0.6) is 5.75 Å². The summed E-state index contributed by atoms with van der Waals surface area (Å²) >= 11 is 7.28. The number of rotatable bonds is 6. The van der Waals surface area contributed by atoms with E-state index in [4.69, 9.17) is 22.1 Å². The van der Waals surface area contributed by atoms with Crippen molar-refractivity contribution in [2.24, 2.45) is 5.73 Å². The van der Waals surface area contributed by atoms with Gasteiger partial charge in [0.2, 0.25) is 0 Å². The number of hydrogen-bond acceptors (Lipinski definition) is 4. The topological polar surface area (TPSA) is 55.6 Å². The molecule has 0 radical (unpaired) electrons. The first-order valence-corrected chi connectivity index (χ1v) is 9.66. The average Bonchev–Trinajstić information content (AvgIpc) is 2.93. The van der Waals surface area contributed by atoms with Crippen LogP contribution in [0.1, 0.15) is 17.5 Å². The van der Waals surface area contributed by atoms with Crippen molar-refractivity contribution in [1.82, 2.24) is 4.90 Å². The molecule has 1 fully saturated rings. The highest BCUT2D eigenvalue weighted by Crippen LogP contribution is 2.32. The van der Waals surface area contributed by atoms with Crippen LogP contribution in [0.4, 0.5) is 13.6 Å². The van der Waals surface area contributed by atoms with Crippen molar-refractivity contribution < 1.29 is 18.3 Å². The van der Waals surface area contributed by atoms with Gasteiger partial charge in [0.05, 0.1) is 5.37 Å². The highest BCUT2D eigenvalue weighted by atomic mass is 35.5. The summed E-state index contributed by atoms with van der Waals surface area (Å²) in [4.78, 5) is 13.0. The molecule has 2 N–H and O–H groups in total. The number of thioether (sulfide) groups is 1. The maximum atomic E-state index is 13.7. The highest BCUT2D eigenvalue weighted by Gasteiger charge is 2.34. The van der Waals surface area contributed by atoms with Crippen LogP contribution in [0.2, 0.25) is 5.02 Å². The molecule has 2 atom stereocenters. The number of carbonyl (C=O) groups is 1. The SMILES string of the molecule is NC(=O)SC1C[C@H](F)CN1Cc1ccc(OCc2cccc(F)c2)cc1Cl. The summed E-state index contributed by atoms with van der Waals surface area (Å²) in [6, 6.07) is 11.4. The number of likely N-dealkylation sites (tertiary alicyclic amines) is 1. The first-order valence-electron chi connectivity index (χ1n) is 8.40. The van der Waals surface area contributed by atoms with Crippen molar-refractivity contribution in [2.45, 2.75) is 31.1 Å². The Morgan fingerprint density at radius 3 is 2.85 bits per heavy atom. The van der Waals surface area contributed by atoms with Crippen LogP contribution < -0.4 is 10.5 Å². The summed E-state index contributed by atoms with van der Waals surface area (Å²) in [6.45, 7) is 0.869. The van der Waals surface area contributed by atoms with Gasteiger partial charge in [0.15, 0.2) is 0 Å². The predicted octanol–water partition coefficient (Wildman–Crippen LogP) is 4.74. The molecule has 1 aliphatic heterocycles. The van der Waals surface area contributed by atoms with Crippen molar-refractivity contribution in [2.75, 3.05) is 6.54 Å². The van der Waals surface area contributed by atoms with Crippen LogP contribution in [0.25, 0.3) is 0 Å². The Morgan fingerprint density at radius 1 is 1.33 bits per heavy atom. The Labute approximate surface area is 165 Å². The maximum absolute atomic E-state index is 13.7. The van der Waals surface area contributed by atoms with E-state index in [1.807, 2.05) is 4.90 Å². The molecule has 2 aromatic rings. The third-order valence-corrected chi connectivity index (χ3v) is 5.59. The molecule has 0 aliphatic carbocycles. The van der Waals surface area contributed by atoms with E-state index in [-0.39, 0.29) is 30.8 Å². The van der Waals surface area contributed by atoms with E-state index in [1.165, 1.54) is 12.1 Å². The molecular weight excluding hydrogens is 394 g/mol. The molecule has 0 spiro atoms. The number of nitrogens with two attached hydrogens (primary N) is 1. The minimum Gasteiger partial charge on any atom is -0.489 e. The lowest BCUT2D eigenvalue weighted by molar-refractivity contribution is 0.263. The Bertz CT molecular complexity index is 824. The number of primary amides is 1. The van der Waals surface area contributed by atoms with E-state index >= 15 is 0 Å². The molecule has 27 heavy (non-hydrogen) atoms. The minimum absolute atomic E-state index is 0.223. The zero-order valence-corrected chi connectivity index (χ0v) is 16.0. The van der Waals surface area contributed by atoms with Gasteiger partial charge in [-0.05, 0) is 47.2 Å². The second-order valence-electron chi connectivity index (χ2n) is 6.33. The van der Waals surface area contributed by atoms with Crippen LogP contribution in [0, 0.1) is 5.82 Å². The lowest BCUT2D eigenvalue weighted by atomic mass is 10.2. The van der Waals surface area contributed by atoms with Crippen molar-refractivity contribution in [1.29, 1.82) is 0 Å². The molecular formula is C19H19ClF2N2O2S. The molecule has 0 aromatic heterocycles. The molecule has 0 saturated carbocycles. The standard InChI is InChI=1S/C19H19ClF2N2O2S/c20-17-8-16(26-11-12-2-1-3-14(21)6-12)5-4-13(17)9-24-10-15(22)7-18(24)27-19(23)25/h1-6,8,15,18H,7,9-11H2,(H2,23,25)/t15-,18?/m0/s1. The monoisotopic (exact) mass is 412 g/mol. The molecule has 1 saturated heterocycles. The highest BCUT2D eigenvalue weighted by molar-refractivity contribution is 8.14. The summed E-state index contributed by atoms with van der Waals surface area (Å²) in [5, 5.41) is -0.333. The molecule has 4 nitrogen and oxygen atoms in total. The van der Waals surface area contributed by atoms with Crippen molar-refractivity contribution in [3.05, 3.63) is 64.4 Å². The molecule has 144 valence electrons. The fourth-order valence-electron chi connectivity index (χ4n) is 3.00. The van der Waals surface area contributed by atoms with Crippen LogP contribution in [0.15, 0.2) is 42.5 Å². The Hall–Kier alpha value is -1.83. The third-order valence-electron chi connectivity index (χ3n) is 4.24. The predicted molar refractivity (Wildman–Crippen MR) is 103 cm³/mol. The summed E-state index contributed by atoms with van der Waals surface area (Å²) < 4.78 is 32.6. The minimum atomic E-state index is -0.991. The Balaban J connectivity index is 1.63. The van der Waals surface area contributed by atoms with Gasteiger partial charge in [-0.1, -0.05) is 29.8 Å². The number of carbonyl (C=O) groups excluding carboxylic acids is 1.